The molecule has 4 heterocycles. The molecule has 0 spiro atoms. The van der Waals surface area contributed by atoms with Gasteiger partial charge in [0.15, 0.2) is 17.3 Å². The first-order chi connectivity index (χ1) is 62.5. The molecule has 2 N–H and O–H groups in total. The lowest BCUT2D eigenvalue weighted by atomic mass is 9.32. The Morgan fingerprint density at radius 2 is 0.706 bits per heavy atom. The van der Waals surface area contributed by atoms with Gasteiger partial charge in [0.05, 0.1) is 46.0 Å². The zero-order valence-electron chi connectivity index (χ0n) is 88.3. The van der Waals surface area contributed by atoms with Crippen LogP contribution in [-0.4, -0.2) is 153 Å². The molecule has 0 unspecified atom stereocenters. The van der Waals surface area contributed by atoms with Crippen LogP contribution in [0.5, 0.6) is 0 Å². The van der Waals surface area contributed by atoms with Gasteiger partial charge in [-0.3, -0.25) is 62.3 Å². The number of aliphatic hydroxyl groups is 1. The van der Waals surface area contributed by atoms with Gasteiger partial charge in [-0.25, -0.2) is 0 Å². The molecule has 0 bridgehead atoms. The third kappa shape index (κ3) is 14.9. The van der Waals surface area contributed by atoms with Crippen molar-refractivity contribution in [2.24, 2.45) is 169 Å². The van der Waals surface area contributed by atoms with Crippen molar-refractivity contribution >= 4 is 88.7 Å². The summed E-state index contributed by atoms with van der Waals surface area (Å²) in [5.41, 5.74) is 1.99. The number of carbonyl (C=O) groups is 13. The largest absolute Gasteiger partial charge is 0.481 e. The van der Waals surface area contributed by atoms with Crippen LogP contribution in [-0.2, 0) is 71.8 Å². The van der Waals surface area contributed by atoms with Crippen molar-refractivity contribution in [3.63, 3.8) is 0 Å². The number of ketones is 6. The van der Waals surface area contributed by atoms with Gasteiger partial charge >= 0.3 is 23.9 Å². The summed E-state index contributed by atoms with van der Waals surface area (Å²) < 4.78 is 10.4. The van der Waals surface area contributed by atoms with Crippen molar-refractivity contribution in [3.05, 3.63) is 33.4 Å². The minimum atomic E-state index is -1.18. The molecule has 0 aromatic heterocycles. The lowest BCUT2D eigenvalue weighted by Gasteiger charge is -2.72. The van der Waals surface area contributed by atoms with Gasteiger partial charge in [-0.2, -0.15) is 0 Å². The molecular formula is C115H172ClN3O17. The lowest BCUT2D eigenvalue weighted by molar-refractivity contribution is -0.233. The Morgan fingerprint density at radius 3 is 0.993 bits per heavy atom. The average molecular weight is 1900 g/mol. The molecule has 12 saturated carbocycles. The first-order valence-electron chi connectivity index (χ1n) is 53.7. The van der Waals surface area contributed by atoms with Crippen LogP contribution >= 0.6 is 12.4 Å². The van der Waals surface area contributed by atoms with Crippen LogP contribution in [0.1, 0.15) is 385 Å². The Kier molecular flexibility index (Phi) is 26.6. The second-order valence-electron chi connectivity index (χ2n) is 54.4. The first-order valence-corrected chi connectivity index (χ1v) is 53.7. The molecule has 0 aromatic rings. The molecule has 20 nitrogen and oxygen atoms in total. The van der Waals surface area contributed by atoms with Gasteiger partial charge in [0.1, 0.15) is 6.10 Å². The van der Waals surface area contributed by atoms with E-state index in [0.29, 0.717) is 99.0 Å². The second kappa shape index (κ2) is 34.6. The summed E-state index contributed by atoms with van der Waals surface area (Å²) in [5.74, 6) is 0.722. The number of hydrogen-bond acceptors (Lipinski definition) is 16. The monoisotopic (exact) mass is 1900 g/mol. The standard InChI is InChI=1S/C40H59NO7.C35H53NO3.C34H51NO4.C6H8O3.ClH/c1-23(2)30-25(42)21-40(32(44)33(45)41-19-10-20-41)18-17-38(8)24(31(30)40)11-12-27-37(7)15-14-28(48-29(43)22-35(3,4)34(46)47)36(5,6)26(37)13-16-39(27,38)9;1-21(2)27-24(37)20-35(29(38)30(39)36-18-9-19-36)17-16-33(7)23(28(27)35)10-11-26-32(6)14-12-22(3)31(4,5)25(32)13-15-34(26,33)8;1-20(2)26-22(36)19-34(28(38)29(39)35-17-8-18-35)16-15-32(6)21(27(26)34)9-10-24-31(5)13-12-25(37)30(3,4)23(31)11-14-33(24,32)7;1-6(2)3-4(7)9-5(6)8;/h23-24,26-28H,10-22H2,1-9H3,(H,46,47);21-23,25-26H,9-20H2,1-8H3;20-21,23-25,37H,8-19H2,1-7H3;3H2,1-2H3;1H/t24-,26+,27-,28+,37+,38-,39-,40-;22-,23+,25-,26+,32-,33+,34+,35+;21-,23+,24-,25+,31+,32-,33-,34-;;/m101../s1. The third-order valence-electron chi connectivity index (χ3n) is 45.9. The zero-order valence-corrected chi connectivity index (χ0v) is 89.1. The maximum absolute atomic E-state index is 14.3. The molecule has 19 rings (SSSR count). The molecule has 4 saturated heterocycles. The number of carboxylic acids is 1. The topological polar surface area (TPSA) is 291 Å². The summed E-state index contributed by atoms with van der Waals surface area (Å²) in [6, 6.07) is 0. The summed E-state index contributed by atoms with van der Waals surface area (Å²) in [4.78, 5) is 175. The Hall–Kier alpha value is -6.02. The number of nitrogens with zero attached hydrogens (tertiary/aromatic N) is 3. The highest BCUT2D eigenvalue weighted by atomic mass is 35.5. The number of carbonyl (C=O) groups excluding carboxylic acids is 12. The molecule has 21 heteroatoms. The van der Waals surface area contributed by atoms with Crippen molar-refractivity contribution in [1.29, 1.82) is 0 Å². The van der Waals surface area contributed by atoms with E-state index >= 15 is 0 Å². The number of fused-ring (bicyclic) bond motifs is 21. The minimum absolute atomic E-state index is 0. The predicted molar refractivity (Wildman–Crippen MR) is 525 cm³/mol. The number of cyclic esters (lactones) is 2. The van der Waals surface area contributed by atoms with Gasteiger partial charge in [-0.15, -0.1) is 12.4 Å². The fourth-order valence-electron chi connectivity index (χ4n) is 37.0. The molecule has 15 aliphatic carbocycles. The number of aliphatic carboxylic acids is 1. The van der Waals surface area contributed by atoms with Crippen molar-refractivity contribution < 1.29 is 82.0 Å². The average Bonchev–Trinajstić information content (AvgIpc) is 1.24. The van der Waals surface area contributed by atoms with Gasteiger partial charge in [0.2, 0.25) is 17.3 Å². The Morgan fingerprint density at radius 1 is 0.390 bits per heavy atom. The molecule has 0 aromatic carbocycles. The van der Waals surface area contributed by atoms with E-state index in [1.54, 1.807) is 42.4 Å². The van der Waals surface area contributed by atoms with Crippen LogP contribution in [0.25, 0.3) is 0 Å². The number of aliphatic hydroxyl groups excluding tert-OH is 1. The summed E-state index contributed by atoms with van der Waals surface area (Å²) in [5, 5.41) is 20.6. The highest BCUT2D eigenvalue weighted by Gasteiger charge is 2.77. The number of rotatable bonds is 13. The number of carboxylic acid groups (broad SMARTS) is 1. The van der Waals surface area contributed by atoms with Gasteiger partial charge in [0.25, 0.3) is 17.7 Å². The van der Waals surface area contributed by atoms with Gasteiger partial charge in [-0.1, -0.05) is 152 Å². The molecule has 136 heavy (non-hydrogen) atoms. The van der Waals surface area contributed by atoms with E-state index < -0.39 is 51.0 Å². The Balaban J connectivity index is 0.000000148. The van der Waals surface area contributed by atoms with E-state index in [1.165, 1.54) is 32.1 Å². The van der Waals surface area contributed by atoms with E-state index in [-0.39, 0.29) is 199 Å². The predicted octanol–water partition coefficient (Wildman–Crippen LogP) is 21.6. The van der Waals surface area contributed by atoms with Crippen LogP contribution < -0.4 is 0 Å². The smallest absolute Gasteiger partial charge is 0.319 e. The van der Waals surface area contributed by atoms with Crippen molar-refractivity contribution in [2.45, 2.75) is 398 Å². The number of esters is 3. The number of hydrogen-bond donors (Lipinski definition) is 2. The van der Waals surface area contributed by atoms with Crippen molar-refractivity contribution in [2.75, 3.05) is 39.3 Å². The van der Waals surface area contributed by atoms with Crippen LogP contribution in [0.2, 0.25) is 0 Å². The van der Waals surface area contributed by atoms with Crippen LogP contribution in [0.4, 0.5) is 0 Å². The Labute approximate surface area is 820 Å². The summed E-state index contributed by atoms with van der Waals surface area (Å²) in [6.45, 7) is 62.3. The first kappa shape index (κ1) is 104. The minimum Gasteiger partial charge on any atom is -0.481 e. The SMILES string of the molecule is CC(C)C1=C2[C@H]3CC[C@@H]4[C@@]5(C)CC[C@H](C)C(C)(C)[C@@H]5CC[C@@]4(C)[C@]3(C)CC[C@@]2(C(=O)C(=O)N2CCC2)CC1=O.CC(C)C1=C2[C@H]3CC[C@@H]4[C@@]5(C)CC[C@H](O)C(C)(C)[C@@H]5CC[C@@]4(C)[C@]3(C)CC[C@@]2(C(=O)C(=O)N2CCC2)CC1=O.CC(C)C1=C2[C@H]3CC[C@@H]4[C@@]5(C)CC[C@H](OC(=O)CC(C)(C)C(=O)O)C(C)(C)[C@@H]5CC[C@@]4(C)[C@]3(C)CC[C@@]2(C(=O)C(=O)N2CCC2)CC1=O.CC1(C)CC(=O)OC1=O.Cl. The van der Waals surface area contributed by atoms with Crippen LogP contribution in [0.15, 0.2) is 33.4 Å². The molecule has 19 aliphatic rings. The van der Waals surface area contributed by atoms with E-state index in [9.17, 15) is 72.5 Å². The van der Waals surface area contributed by atoms with Crippen LogP contribution in [0.3, 0.4) is 0 Å². The third-order valence-corrected chi connectivity index (χ3v) is 45.9. The van der Waals surface area contributed by atoms with Gasteiger partial charge < -0.3 is 34.4 Å². The summed E-state index contributed by atoms with van der Waals surface area (Å²) in [6.07, 6.45) is 26.9. The fourth-order valence-corrected chi connectivity index (χ4v) is 37.0. The molecule has 0 radical (unpaired) electrons. The summed E-state index contributed by atoms with van der Waals surface area (Å²) in [7, 11) is 0. The maximum atomic E-state index is 14.3. The molecule has 756 valence electrons. The highest BCUT2D eigenvalue weighted by molar-refractivity contribution is 6.41. The van der Waals surface area contributed by atoms with Gasteiger partial charge in [0, 0.05) is 63.9 Å². The fraction of sp³-hybridized carbons (Fsp3) is 0.835. The molecule has 16 fully saturated rings. The number of halogens is 1. The second-order valence-corrected chi connectivity index (χ2v) is 54.4. The number of Topliss-reactive ketones (excluding diaryl/α,β-unsaturated/α-hetero) is 6. The Bertz CT molecular complexity index is 4880. The van der Waals surface area contributed by atoms with E-state index in [0.717, 1.165) is 167 Å². The number of ether oxygens (including phenoxy) is 2. The maximum Gasteiger partial charge on any atom is 0.319 e. The zero-order chi connectivity index (χ0) is 99.1. The molecule has 3 amide bonds. The number of likely N-dealkylation sites (tertiary alicyclic amines) is 3. The highest BCUT2D eigenvalue weighted by Crippen LogP contribution is 2.82. The van der Waals surface area contributed by atoms with Crippen LogP contribution in [0, 0.1) is 169 Å². The quantitative estimate of drug-likeness (QED) is 0.0984. The summed E-state index contributed by atoms with van der Waals surface area (Å²) >= 11 is 0. The number of allylic oxidation sites excluding steroid dienone is 6. The van der Waals surface area contributed by atoms with E-state index in [1.807, 2.05) is 0 Å². The molecule has 4 aliphatic heterocycles. The molecular weight excluding hydrogens is 1730 g/mol. The normalized spacial score (nSPS) is 42.6. The van der Waals surface area contributed by atoms with Gasteiger partial charge in [-0.05, 0) is 371 Å². The van der Waals surface area contributed by atoms with E-state index in [2.05, 4.69) is 157 Å². The molecule has 24 atom stereocenters. The van der Waals surface area contributed by atoms with Crippen molar-refractivity contribution in [3.8, 4) is 0 Å². The van der Waals surface area contributed by atoms with E-state index in [4.69, 9.17) is 4.74 Å². The lowest BCUT2D eigenvalue weighted by Crippen LogP contribution is -2.66. The number of amides is 3. The van der Waals surface area contributed by atoms with Crippen molar-refractivity contribution in [1.82, 2.24) is 14.7 Å².